The van der Waals surface area contributed by atoms with Gasteiger partial charge >= 0.3 is 0 Å². The van der Waals surface area contributed by atoms with Gasteiger partial charge in [-0.3, -0.25) is 9.59 Å². The minimum atomic E-state index is -1.08. The van der Waals surface area contributed by atoms with Crippen LogP contribution in [0.4, 0.5) is 5.69 Å². The van der Waals surface area contributed by atoms with Crippen LogP contribution in [0.25, 0.3) is 0 Å². The molecule has 1 aliphatic rings. The lowest BCUT2D eigenvalue weighted by molar-refractivity contribution is -0.132. The number of hydrogen-bond donors (Lipinski definition) is 3. The molecule has 0 spiro atoms. The van der Waals surface area contributed by atoms with E-state index in [-0.39, 0.29) is 6.54 Å². The molecule has 106 valence electrons. The molecule has 1 aliphatic heterocycles. The lowest BCUT2D eigenvalue weighted by atomic mass is 10.0. The third-order valence-electron chi connectivity index (χ3n) is 2.72. The zero-order valence-electron chi connectivity index (χ0n) is 11.4. The van der Waals surface area contributed by atoms with Crippen molar-refractivity contribution in [2.75, 3.05) is 11.9 Å². The van der Waals surface area contributed by atoms with Gasteiger partial charge in [0.25, 0.3) is 0 Å². The summed E-state index contributed by atoms with van der Waals surface area (Å²) >= 11 is 0. The maximum atomic E-state index is 11.8. The molecule has 1 aromatic carbocycles. The van der Waals surface area contributed by atoms with Crippen LogP contribution in [0.5, 0.6) is 0 Å². The first-order valence-corrected chi connectivity index (χ1v) is 6.38. The highest BCUT2D eigenvalue weighted by atomic mass is 16.3. The summed E-state index contributed by atoms with van der Waals surface area (Å²) in [5.41, 5.74) is 0.956. The minimum absolute atomic E-state index is 0.0876. The summed E-state index contributed by atoms with van der Waals surface area (Å²) in [6.45, 7) is 4.09. The molecule has 1 saturated heterocycles. The highest BCUT2D eigenvalue weighted by molar-refractivity contribution is 6.08. The molecule has 6 heteroatoms. The first kappa shape index (κ1) is 15.7. The average molecular weight is 275 g/mol. The van der Waals surface area contributed by atoms with Gasteiger partial charge in [0.15, 0.2) is 0 Å². The fourth-order valence-corrected chi connectivity index (χ4v) is 1.75. The Balaban J connectivity index is 0.000000956. The largest absolute Gasteiger partial charge is 0.390 e. The maximum absolute atomic E-state index is 11.8. The van der Waals surface area contributed by atoms with E-state index in [1.807, 2.05) is 19.9 Å². The monoisotopic (exact) mass is 275 g/mol. The second-order valence-electron chi connectivity index (χ2n) is 3.97. The number of benzene rings is 1. The second-order valence-corrected chi connectivity index (χ2v) is 3.97. The Labute approximate surface area is 117 Å². The molecule has 1 fully saturated rings. The van der Waals surface area contributed by atoms with Crippen LogP contribution < -0.4 is 10.6 Å². The topological polar surface area (TPSA) is 102 Å². The van der Waals surface area contributed by atoms with E-state index < -0.39 is 23.8 Å². The molecule has 2 amide bonds. The molecule has 2 rings (SSSR count). The maximum Gasteiger partial charge on any atom is 0.239 e. The van der Waals surface area contributed by atoms with Crippen LogP contribution in [-0.2, 0) is 9.59 Å². The summed E-state index contributed by atoms with van der Waals surface area (Å²) in [5, 5.41) is 23.1. The number of carbonyl (C=O) groups is 2. The van der Waals surface area contributed by atoms with Crippen LogP contribution in [0.15, 0.2) is 24.3 Å². The number of β-amino-alcohol motifs (C(OH)–C–C–N with tert-alkyl or cyclic N) is 1. The number of nitriles is 1. The van der Waals surface area contributed by atoms with Crippen LogP contribution in [0, 0.1) is 17.2 Å². The van der Waals surface area contributed by atoms with Crippen LogP contribution in [0.3, 0.4) is 0 Å². The van der Waals surface area contributed by atoms with Crippen molar-refractivity contribution >= 4 is 17.5 Å². The molecule has 1 aromatic rings. The fourth-order valence-electron chi connectivity index (χ4n) is 1.75. The Morgan fingerprint density at radius 2 is 2.00 bits per heavy atom. The number of rotatable bonds is 2. The van der Waals surface area contributed by atoms with Gasteiger partial charge in [-0.15, -0.1) is 0 Å². The van der Waals surface area contributed by atoms with Gasteiger partial charge in [-0.05, 0) is 24.3 Å². The van der Waals surface area contributed by atoms with Gasteiger partial charge in [-0.25, -0.2) is 0 Å². The Morgan fingerprint density at radius 3 is 2.45 bits per heavy atom. The van der Waals surface area contributed by atoms with Gasteiger partial charge in [0.1, 0.15) is 5.92 Å². The molecular weight excluding hydrogens is 258 g/mol. The summed E-state index contributed by atoms with van der Waals surface area (Å²) in [7, 11) is 0. The van der Waals surface area contributed by atoms with Crippen LogP contribution in [0.2, 0.25) is 0 Å². The fraction of sp³-hybridized carbons (Fsp3) is 0.357. The second kappa shape index (κ2) is 7.26. The third-order valence-corrected chi connectivity index (χ3v) is 2.72. The van der Waals surface area contributed by atoms with Gasteiger partial charge in [0.05, 0.1) is 17.7 Å². The van der Waals surface area contributed by atoms with Crippen molar-refractivity contribution in [3.8, 4) is 6.07 Å². The number of nitrogens with zero attached hydrogens (tertiary/aromatic N) is 1. The van der Waals surface area contributed by atoms with Crippen molar-refractivity contribution in [2.45, 2.75) is 20.0 Å². The molecule has 2 atom stereocenters. The van der Waals surface area contributed by atoms with Gasteiger partial charge in [0.2, 0.25) is 11.8 Å². The molecule has 20 heavy (non-hydrogen) atoms. The molecular formula is C14H17N3O3. The first-order chi connectivity index (χ1) is 9.61. The normalized spacial score (nSPS) is 20.2. The van der Waals surface area contributed by atoms with Crippen LogP contribution in [0.1, 0.15) is 19.4 Å². The van der Waals surface area contributed by atoms with E-state index in [4.69, 9.17) is 5.26 Å². The lowest BCUT2D eigenvalue weighted by Gasteiger charge is -2.11. The predicted octanol–water partition coefficient (Wildman–Crippen LogP) is 0.630. The molecule has 6 nitrogen and oxygen atoms in total. The Bertz CT molecular complexity index is 519. The first-order valence-electron chi connectivity index (χ1n) is 6.38. The quantitative estimate of drug-likeness (QED) is 0.689. The van der Waals surface area contributed by atoms with Gasteiger partial charge in [-0.1, -0.05) is 13.8 Å². The molecule has 1 heterocycles. The number of anilines is 1. The number of hydrogen-bond acceptors (Lipinski definition) is 4. The van der Waals surface area contributed by atoms with Crippen molar-refractivity contribution in [1.82, 2.24) is 5.32 Å². The smallest absolute Gasteiger partial charge is 0.239 e. The van der Waals surface area contributed by atoms with E-state index >= 15 is 0 Å². The predicted molar refractivity (Wildman–Crippen MR) is 73.6 cm³/mol. The molecule has 0 radical (unpaired) electrons. The summed E-state index contributed by atoms with van der Waals surface area (Å²) < 4.78 is 0. The minimum Gasteiger partial charge on any atom is -0.390 e. The molecule has 0 aromatic heterocycles. The van der Waals surface area contributed by atoms with Crippen molar-refractivity contribution in [2.24, 2.45) is 5.92 Å². The van der Waals surface area contributed by atoms with Gasteiger partial charge < -0.3 is 15.7 Å². The summed E-state index contributed by atoms with van der Waals surface area (Å²) in [6, 6.07) is 8.20. The van der Waals surface area contributed by atoms with Crippen molar-refractivity contribution < 1.29 is 14.7 Å². The number of carbonyl (C=O) groups excluding carboxylic acids is 2. The van der Waals surface area contributed by atoms with E-state index in [0.29, 0.717) is 11.3 Å². The molecule has 2 unspecified atom stereocenters. The molecule has 0 saturated carbocycles. The highest BCUT2D eigenvalue weighted by Crippen LogP contribution is 2.15. The third kappa shape index (κ3) is 3.56. The van der Waals surface area contributed by atoms with Crippen LogP contribution >= 0.6 is 0 Å². The van der Waals surface area contributed by atoms with Gasteiger partial charge in [0, 0.05) is 12.2 Å². The lowest BCUT2D eigenvalue weighted by Crippen LogP contribution is -2.34. The molecule has 0 aliphatic carbocycles. The molecule has 3 N–H and O–H groups in total. The SMILES string of the molecule is CC.N#Cc1ccc(NC(=O)C2C(=O)NCC2O)cc1. The van der Waals surface area contributed by atoms with Crippen molar-refractivity contribution in [3.05, 3.63) is 29.8 Å². The number of nitrogens with one attached hydrogen (secondary N) is 2. The number of aliphatic hydroxyl groups is 1. The Hall–Kier alpha value is -2.39. The number of amides is 2. The van der Waals surface area contributed by atoms with Gasteiger partial charge in [-0.2, -0.15) is 5.26 Å². The van der Waals surface area contributed by atoms with E-state index in [9.17, 15) is 14.7 Å². The number of aliphatic hydroxyl groups excluding tert-OH is 1. The highest BCUT2D eigenvalue weighted by Gasteiger charge is 2.39. The van der Waals surface area contributed by atoms with Crippen LogP contribution in [-0.4, -0.2) is 29.6 Å². The van der Waals surface area contributed by atoms with E-state index in [0.717, 1.165) is 0 Å². The summed E-state index contributed by atoms with van der Waals surface area (Å²) in [6.07, 6.45) is -1.00. The molecule has 0 bridgehead atoms. The summed E-state index contributed by atoms with van der Waals surface area (Å²) in [4.78, 5) is 23.1. The average Bonchev–Trinajstić information content (AvgIpc) is 2.81. The van der Waals surface area contributed by atoms with E-state index in [2.05, 4.69) is 10.6 Å². The Morgan fingerprint density at radius 1 is 1.40 bits per heavy atom. The standard InChI is InChI=1S/C12H11N3O3.C2H6/c13-5-7-1-3-8(4-2-7)15-12(18)10-9(16)6-14-11(10)17;1-2/h1-4,9-10,16H,6H2,(H,14,17)(H,15,18);1-2H3. The Kier molecular flexibility index (Phi) is 5.69. The zero-order chi connectivity index (χ0) is 15.1. The zero-order valence-corrected chi connectivity index (χ0v) is 11.4. The van der Waals surface area contributed by atoms with E-state index in [1.54, 1.807) is 24.3 Å². The summed E-state index contributed by atoms with van der Waals surface area (Å²) in [5.74, 6) is -2.11. The van der Waals surface area contributed by atoms with Crippen molar-refractivity contribution in [3.63, 3.8) is 0 Å². The van der Waals surface area contributed by atoms with E-state index in [1.165, 1.54) is 0 Å². The van der Waals surface area contributed by atoms with Crippen molar-refractivity contribution in [1.29, 1.82) is 5.26 Å².